The minimum atomic E-state index is -1.07. The number of nitrogens with one attached hydrogen (secondary N) is 2. The van der Waals surface area contributed by atoms with E-state index in [2.05, 4.69) is 15.2 Å². The third kappa shape index (κ3) is 4.49. The van der Waals surface area contributed by atoms with E-state index in [1.807, 2.05) is 4.90 Å². The van der Waals surface area contributed by atoms with Gasteiger partial charge in [-0.3, -0.25) is 14.5 Å². The number of carbonyl (C=O) groups excluding carboxylic acids is 2. The van der Waals surface area contributed by atoms with E-state index in [1.165, 1.54) is 12.8 Å². The van der Waals surface area contributed by atoms with Crippen LogP contribution in [-0.4, -0.2) is 88.3 Å². The van der Waals surface area contributed by atoms with Gasteiger partial charge in [0.15, 0.2) is 0 Å². The summed E-state index contributed by atoms with van der Waals surface area (Å²) in [6.45, 7) is 5.89. The van der Waals surface area contributed by atoms with Crippen LogP contribution in [0.15, 0.2) is 18.3 Å². The van der Waals surface area contributed by atoms with Crippen molar-refractivity contribution in [2.75, 3.05) is 39.3 Å². The van der Waals surface area contributed by atoms with Gasteiger partial charge in [0.1, 0.15) is 5.69 Å². The molecular formula is C21H32N4O4. The van der Waals surface area contributed by atoms with E-state index in [1.54, 1.807) is 25.3 Å². The second-order valence-electron chi connectivity index (χ2n) is 9.00. The first-order valence-electron chi connectivity index (χ1n) is 10.7. The van der Waals surface area contributed by atoms with Crippen LogP contribution in [0.2, 0.25) is 0 Å². The lowest BCUT2D eigenvalue weighted by atomic mass is 9.75. The van der Waals surface area contributed by atoms with E-state index in [0.717, 1.165) is 13.1 Å². The molecule has 0 bridgehead atoms. The Balaban J connectivity index is 1.30. The van der Waals surface area contributed by atoms with Crippen LogP contribution in [-0.2, 0) is 9.53 Å². The summed E-state index contributed by atoms with van der Waals surface area (Å²) in [7, 11) is 0. The Labute approximate surface area is 171 Å². The number of hydrogen-bond donors (Lipinski definition) is 3. The van der Waals surface area contributed by atoms with Crippen LogP contribution in [0.4, 0.5) is 0 Å². The van der Waals surface area contributed by atoms with Crippen molar-refractivity contribution in [2.24, 2.45) is 0 Å². The first-order chi connectivity index (χ1) is 13.9. The van der Waals surface area contributed by atoms with Crippen molar-refractivity contribution in [1.29, 1.82) is 0 Å². The predicted molar refractivity (Wildman–Crippen MR) is 107 cm³/mol. The van der Waals surface area contributed by atoms with Crippen molar-refractivity contribution in [3.05, 3.63) is 24.0 Å². The fourth-order valence-corrected chi connectivity index (χ4v) is 4.89. The van der Waals surface area contributed by atoms with Crippen molar-refractivity contribution in [1.82, 2.24) is 20.1 Å². The van der Waals surface area contributed by atoms with Crippen LogP contribution in [0, 0.1) is 0 Å². The molecule has 2 amide bonds. The van der Waals surface area contributed by atoms with Crippen molar-refractivity contribution in [2.45, 2.75) is 56.3 Å². The predicted octanol–water partition coefficient (Wildman–Crippen LogP) is 0.741. The van der Waals surface area contributed by atoms with E-state index in [-0.39, 0.29) is 18.4 Å². The minimum Gasteiger partial charge on any atom is -0.388 e. The van der Waals surface area contributed by atoms with Crippen LogP contribution < -0.4 is 5.32 Å². The SMILES string of the molecule is C[C@]1(O)CC2(CCN(C(=O)CN3CCCC3)CC2)OC[C@@H]1NC(=O)c1ccc[nH]1. The molecule has 0 unspecified atom stereocenters. The molecule has 3 aliphatic rings. The zero-order valence-corrected chi connectivity index (χ0v) is 17.2. The fraction of sp³-hybridized carbons (Fsp3) is 0.714. The monoisotopic (exact) mass is 404 g/mol. The molecule has 0 aromatic carbocycles. The lowest BCUT2D eigenvalue weighted by Crippen LogP contribution is -2.64. The molecule has 0 saturated carbocycles. The average Bonchev–Trinajstić information content (AvgIpc) is 3.38. The normalized spacial score (nSPS) is 29.9. The van der Waals surface area contributed by atoms with Gasteiger partial charge in [0.2, 0.25) is 5.91 Å². The molecule has 29 heavy (non-hydrogen) atoms. The van der Waals surface area contributed by atoms with Crippen molar-refractivity contribution in [3.8, 4) is 0 Å². The van der Waals surface area contributed by atoms with E-state index < -0.39 is 17.2 Å². The Hall–Kier alpha value is -1.90. The van der Waals surface area contributed by atoms with Crippen molar-refractivity contribution in [3.63, 3.8) is 0 Å². The maximum atomic E-state index is 12.6. The summed E-state index contributed by atoms with van der Waals surface area (Å²) >= 11 is 0. The number of hydrogen-bond acceptors (Lipinski definition) is 5. The van der Waals surface area contributed by atoms with E-state index in [0.29, 0.717) is 44.6 Å². The molecule has 1 aromatic heterocycles. The maximum Gasteiger partial charge on any atom is 0.268 e. The Morgan fingerprint density at radius 3 is 2.62 bits per heavy atom. The third-order valence-corrected chi connectivity index (χ3v) is 6.72. The highest BCUT2D eigenvalue weighted by atomic mass is 16.5. The van der Waals surface area contributed by atoms with Gasteiger partial charge >= 0.3 is 0 Å². The summed E-state index contributed by atoms with van der Waals surface area (Å²) in [4.78, 5) is 32.0. The van der Waals surface area contributed by atoms with Gasteiger partial charge < -0.3 is 25.0 Å². The summed E-state index contributed by atoms with van der Waals surface area (Å²) in [6, 6.07) is 2.99. The number of carbonyl (C=O) groups is 2. The van der Waals surface area contributed by atoms with Gasteiger partial charge in [-0.2, -0.15) is 0 Å². The lowest BCUT2D eigenvalue weighted by Gasteiger charge is -2.51. The molecule has 3 saturated heterocycles. The number of amides is 2. The Morgan fingerprint density at radius 2 is 2.00 bits per heavy atom. The second-order valence-corrected chi connectivity index (χ2v) is 9.00. The zero-order valence-electron chi connectivity index (χ0n) is 17.2. The number of ether oxygens (including phenoxy) is 1. The quantitative estimate of drug-likeness (QED) is 0.688. The molecule has 3 fully saturated rings. The van der Waals surface area contributed by atoms with Gasteiger partial charge in [0.25, 0.3) is 5.91 Å². The Kier molecular flexibility index (Phi) is 5.68. The number of piperidine rings is 1. The average molecular weight is 405 g/mol. The largest absolute Gasteiger partial charge is 0.388 e. The molecule has 0 radical (unpaired) electrons. The number of aromatic nitrogens is 1. The van der Waals surface area contributed by atoms with Crippen molar-refractivity contribution >= 4 is 11.8 Å². The van der Waals surface area contributed by atoms with Crippen LogP contribution in [0.25, 0.3) is 0 Å². The molecule has 3 N–H and O–H groups in total. The highest BCUT2D eigenvalue weighted by Gasteiger charge is 2.50. The molecule has 8 heteroatoms. The molecule has 160 valence electrons. The summed E-state index contributed by atoms with van der Waals surface area (Å²) in [6.07, 6.45) is 5.93. The van der Waals surface area contributed by atoms with Crippen LogP contribution in [0.1, 0.15) is 49.5 Å². The molecular weight excluding hydrogens is 372 g/mol. The van der Waals surface area contributed by atoms with Crippen LogP contribution >= 0.6 is 0 Å². The van der Waals surface area contributed by atoms with Gasteiger partial charge in [-0.25, -0.2) is 0 Å². The fourth-order valence-electron chi connectivity index (χ4n) is 4.89. The number of aromatic amines is 1. The molecule has 1 spiro atoms. The molecule has 1 aromatic rings. The molecule has 8 nitrogen and oxygen atoms in total. The third-order valence-electron chi connectivity index (χ3n) is 6.72. The zero-order chi connectivity index (χ0) is 20.5. The Bertz CT molecular complexity index is 719. The minimum absolute atomic E-state index is 0.195. The van der Waals surface area contributed by atoms with Crippen LogP contribution in [0.5, 0.6) is 0 Å². The first kappa shape index (κ1) is 20.4. The first-order valence-corrected chi connectivity index (χ1v) is 10.7. The van der Waals surface area contributed by atoms with Crippen LogP contribution in [0.3, 0.4) is 0 Å². The summed E-state index contributed by atoms with van der Waals surface area (Å²) in [5, 5.41) is 14.0. The summed E-state index contributed by atoms with van der Waals surface area (Å²) < 4.78 is 6.20. The standard InChI is InChI=1S/C21H32N4O4/c1-20(28)15-21(29-14-17(20)23-19(27)16-5-4-8-22-16)6-11-25(12-7-21)18(26)13-24-9-2-3-10-24/h4-5,8,17,22,28H,2-3,6-7,9-15H2,1H3,(H,23,27)/t17-,20-/m0/s1. The molecule has 2 atom stereocenters. The smallest absolute Gasteiger partial charge is 0.268 e. The Morgan fingerprint density at radius 1 is 1.28 bits per heavy atom. The maximum absolute atomic E-state index is 12.6. The molecule has 0 aliphatic carbocycles. The van der Waals surface area contributed by atoms with Gasteiger partial charge in [-0.05, 0) is 57.8 Å². The molecule has 4 rings (SSSR count). The highest BCUT2D eigenvalue weighted by molar-refractivity contribution is 5.92. The number of rotatable bonds is 4. The molecule has 3 aliphatic heterocycles. The van der Waals surface area contributed by atoms with Gasteiger partial charge in [0.05, 0.1) is 30.4 Å². The number of likely N-dealkylation sites (tertiary alicyclic amines) is 2. The summed E-state index contributed by atoms with van der Waals surface area (Å²) in [5.74, 6) is -0.0532. The topological polar surface area (TPSA) is 97.9 Å². The number of H-pyrrole nitrogens is 1. The number of aliphatic hydroxyl groups is 1. The highest BCUT2D eigenvalue weighted by Crippen LogP contribution is 2.39. The van der Waals surface area contributed by atoms with E-state index in [9.17, 15) is 14.7 Å². The van der Waals surface area contributed by atoms with Gasteiger partial charge in [-0.1, -0.05) is 0 Å². The molecule has 4 heterocycles. The second kappa shape index (κ2) is 8.08. The van der Waals surface area contributed by atoms with E-state index in [4.69, 9.17) is 4.74 Å². The summed E-state index contributed by atoms with van der Waals surface area (Å²) in [5.41, 5.74) is -1.03. The lowest BCUT2D eigenvalue weighted by molar-refractivity contribution is -0.187. The van der Waals surface area contributed by atoms with Crippen molar-refractivity contribution < 1.29 is 19.4 Å². The van der Waals surface area contributed by atoms with Gasteiger partial charge in [-0.15, -0.1) is 0 Å². The number of nitrogens with zero attached hydrogens (tertiary/aromatic N) is 2. The van der Waals surface area contributed by atoms with Gasteiger partial charge in [0, 0.05) is 25.7 Å². The van der Waals surface area contributed by atoms with E-state index >= 15 is 0 Å².